The van der Waals surface area contributed by atoms with Crippen molar-refractivity contribution in [2.24, 2.45) is 0 Å². The minimum absolute atomic E-state index is 0.159. The van der Waals surface area contributed by atoms with E-state index in [0.29, 0.717) is 0 Å². The lowest BCUT2D eigenvalue weighted by Gasteiger charge is -2.28. The molecular weight excluding hydrogens is 258 g/mol. The van der Waals surface area contributed by atoms with Crippen molar-refractivity contribution in [2.45, 2.75) is 44.0 Å². The number of rotatable bonds is 2. The summed E-state index contributed by atoms with van der Waals surface area (Å²) in [5.41, 5.74) is 0. The molecule has 0 aliphatic carbocycles. The summed E-state index contributed by atoms with van der Waals surface area (Å²) in [6.07, 6.45) is 2.10. The molecule has 1 aliphatic heterocycles. The van der Waals surface area contributed by atoms with Crippen LogP contribution in [0.3, 0.4) is 0 Å². The van der Waals surface area contributed by atoms with Gasteiger partial charge < -0.3 is 9.64 Å². The molecule has 0 bridgehead atoms. The van der Waals surface area contributed by atoms with Gasteiger partial charge in [-0.05, 0) is 26.7 Å². The van der Waals surface area contributed by atoms with Crippen LogP contribution >= 0.6 is 15.9 Å². The molecule has 3 nitrogen and oxygen atoms in total. The molecule has 1 saturated heterocycles. The lowest BCUT2D eigenvalue weighted by atomic mass is 10.1. The number of carbonyl (C=O) groups excluding carboxylic acids is 1. The number of carbonyl (C=O) groups is 1. The van der Waals surface area contributed by atoms with Crippen LogP contribution in [0.1, 0.15) is 33.6 Å². The van der Waals surface area contributed by atoms with Crippen molar-refractivity contribution in [2.75, 3.05) is 19.7 Å². The third-order valence-corrected chi connectivity index (χ3v) is 2.94. The standard InChI is InChI=1S/C11H20BrNO2/c1-4-9-8-13(6-5-7-15-9)10(14)11(2,3)12/h9H,4-8H2,1-3H3. The molecule has 1 amide bonds. The lowest BCUT2D eigenvalue weighted by Crippen LogP contribution is -2.44. The first-order chi connectivity index (χ1) is 6.95. The van der Waals surface area contributed by atoms with Gasteiger partial charge in [-0.25, -0.2) is 0 Å². The Kier molecular flexibility index (Phi) is 4.59. The molecule has 4 heteroatoms. The largest absolute Gasteiger partial charge is 0.376 e. The van der Waals surface area contributed by atoms with E-state index in [-0.39, 0.29) is 12.0 Å². The van der Waals surface area contributed by atoms with Crippen molar-refractivity contribution >= 4 is 21.8 Å². The van der Waals surface area contributed by atoms with E-state index in [1.165, 1.54) is 0 Å². The number of halogens is 1. The first-order valence-electron chi connectivity index (χ1n) is 5.55. The van der Waals surface area contributed by atoms with E-state index in [9.17, 15) is 4.79 Å². The highest BCUT2D eigenvalue weighted by Gasteiger charge is 2.31. The Bertz CT molecular complexity index is 225. The molecule has 1 unspecified atom stereocenters. The quantitative estimate of drug-likeness (QED) is 0.725. The highest BCUT2D eigenvalue weighted by molar-refractivity contribution is 9.10. The summed E-state index contributed by atoms with van der Waals surface area (Å²) in [4.78, 5) is 14.0. The van der Waals surface area contributed by atoms with Crippen molar-refractivity contribution in [3.63, 3.8) is 0 Å². The smallest absolute Gasteiger partial charge is 0.238 e. The number of nitrogens with zero attached hydrogens (tertiary/aromatic N) is 1. The van der Waals surface area contributed by atoms with Crippen LogP contribution in [0, 0.1) is 0 Å². The maximum Gasteiger partial charge on any atom is 0.238 e. The zero-order chi connectivity index (χ0) is 11.5. The van der Waals surface area contributed by atoms with Gasteiger partial charge in [0.05, 0.1) is 10.4 Å². The van der Waals surface area contributed by atoms with Gasteiger partial charge in [0.1, 0.15) is 0 Å². The van der Waals surface area contributed by atoms with Crippen LogP contribution in [-0.4, -0.2) is 40.9 Å². The Morgan fingerprint density at radius 1 is 1.60 bits per heavy atom. The van der Waals surface area contributed by atoms with Crippen molar-refractivity contribution in [1.29, 1.82) is 0 Å². The Morgan fingerprint density at radius 3 is 2.80 bits per heavy atom. The maximum absolute atomic E-state index is 12.1. The molecule has 15 heavy (non-hydrogen) atoms. The second-order valence-electron chi connectivity index (χ2n) is 4.48. The molecule has 0 radical (unpaired) electrons. The molecule has 88 valence electrons. The Hall–Kier alpha value is -0.0900. The average molecular weight is 278 g/mol. The summed E-state index contributed by atoms with van der Waals surface area (Å²) in [7, 11) is 0. The molecule has 1 rings (SSSR count). The minimum atomic E-state index is -0.463. The summed E-state index contributed by atoms with van der Waals surface area (Å²) in [5, 5.41) is 0. The number of ether oxygens (including phenoxy) is 1. The van der Waals surface area contributed by atoms with Crippen molar-refractivity contribution < 1.29 is 9.53 Å². The highest BCUT2D eigenvalue weighted by atomic mass is 79.9. The number of hydrogen-bond donors (Lipinski definition) is 0. The molecule has 1 fully saturated rings. The number of alkyl halides is 1. The predicted molar refractivity (Wildman–Crippen MR) is 64.2 cm³/mol. The molecule has 0 N–H and O–H groups in total. The Balaban J connectivity index is 2.63. The van der Waals surface area contributed by atoms with E-state index in [4.69, 9.17) is 4.74 Å². The summed E-state index contributed by atoms with van der Waals surface area (Å²) < 4.78 is 5.17. The molecule has 0 spiro atoms. The maximum atomic E-state index is 12.1. The van der Waals surface area contributed by atoms with E-state index >= 15 is 0 Å². The van der Waals surface area contributed by atoms with Gasteiger partial charge in [-0.2, -0.15) is 0 Å². The van der Waals surface area contributed by atoms with Crippen molar-refractivity contribution in [3.05, 3.63) is 0 Å². The van der Waals surface area contributed by atoms with E-state index in [1.54, 1.807) is 0 Å². The molecule has 1 aliphatic rings. The van der Waals surface area contributed by atoms with Crippen LogP contribution in [0.2, 0.25) is 0 Å². The molecular formula is C11H20BrNO2. The molecule has 0 aromatic carbocycles. The lowest BCUT2D eigenvalue weighted by molar-refractivity contribution is -0.133. The molecule has 1 atom stereocenters. The van der Waals surface area contributed by atoms with Crippen LogP contribution in [-0.2, 0) is 9.53 Å². The fraction of sp³-hybridized carbons (Fsp3) is 0.909. The molecule has 0 aromatic rings. The zero-order valence-corrected chi connectivity index (χ0v) is 11.3. The van der Waals surface area contributed by atoms with Gasteiger partial charge in [-0.15, -0.1) is 0 Å². The van der Waals surface area contributed by atoms with Gasteiger partial charge in [-0.1, -0.05) is 22.9 Å². The molecule has 1 heterocycles. The first-order valence-corrected chi connectivity index (χ1v) is 6.34. The van der Waals surface area contributed by atoms with Crippen molar-refractivity contribution in [3.8, 4) is 0 Å². The van der Waals surface area contributed by atoms with E-state index in [1.807, 2.05) is 18.7 Å². The van der Waals surface area contributed by atoms with Crippen LogP contribution in [0.4, 0.5) is 0 Å². The fourth-order valence-corrected chi connectivity index (χ4v) is 1.95. The second kappa shape index (κ2) is 5.30. The summed E-state index contributed by atoms with van der Waals surface area (Å²) >= 11 is 3.41. The van der Waals surface area contributed by atoms with Crippen LogP contribution in [0.5, 0.6) is 0 Å². The second-order valence-corrected chi connectivity index (χ2v) is 6.46. The van der Waals surface area contributed by atoms with Gasteiger partial charge >= 0.3 is 0 Å². The first kappa shape index (κ1) is 13.0. The Morgan fingerprint density at radius 2 is 2.27 bits per heavy atom. The summed E-state index contributed by atoms with van der Waals surface area (Å²) in [6, 6.07) is 0. The van der Waals surface area contributed by atoms with Gasteiger partial charge in [0, 0.05) is 19.7 Å². The minimum Gasteiger partial charge on any atom is -0.376 e. The highest BCUT2D eigenvalue weighted by Crippen LogP contribution is 2.21. The van der Waals surface area contributed by atoms with Gasteiger partial charge in [0.2, 0.25) is 5.91 Å². The van der Waals surface area contributed by atoms with Crippen molar-refractivity contribution in [1.82, 2.24) is 4.90 Å². The van der Waals surface area contributed by atoms with E-state index in [2.05, 4.69) is 22.9 Å². The van der Waals surface area contributed by atoms with Crippen LogP contribution < -0.4 is 0 Å². The SMILES string of the molecule is CCC1CN(C(=O)C(C)(C)Br)CCCO1. The Labute approximate surface area is 100 Å². The number of hydrogen-bond acceptors (Lipinski definition) is 2. The van der Waals surface area contributed by atoms with E-state index < -0.39 is 4.32 Å². The van der Waals surface area contributed by atoms with Gasteiger partial charge in [0.15, 0.2) is 0 Å². The monoisotopic (exact) mass is 277 g/mol. The predicted octanol–water partition coefficient (Wildman–Crippen LogP) is 2.19. The summed E-state index contributed by atoms with van der Waals surface area (Å²) in [5.74, 6) is 0.159. The third kappa shape index (κ3) is 3.76. The van der Waals surface area contributed by atoms with Gasteiger partial charge in [-0.3, -0.25) is 4.79 Å². The van der Waals surface area contributed by atoms with E-state index in [0.717, 1.165) is 32.5 Å². The average Bonchev–Trinajstić information content (AvgIpc) is 2.39. The van der Waals surface area contributed by atoms with Crippen LogP contribution in [0.15, 0.2) is 0 Å². The molecule has 0 aromatic heterocycles. The normalized spacial score (nSPS) is 23.7. The fourth-order valence-electron chi connectivity index (χ4n) is 1.70. The molecule has 0 saturated carbocycles. The van der Waals surface area contributed by atoms with Crippen LogP contribution in [0.25, 0.3) is 0 Å². The summed E-state index contributed by atoms with van der Waals surface area (Å²) in [6.45, 7) is 8.18. The number of amides is 1. The zero-order valence-electron chi connectivity index (χ0n) is 9.75. The topological polar surface area (TPSA) is 29.5 Å². The van der Waals surface area contributed by atoms with Gasteiger partial charge in [0.25, 0.3) is 0 Å². The third-order valence-electron chi connectivity index (χ3n) is 2.60.